The number of Topliss-reactive ketones (excluding diaryl/α,β-unsaturated/α-hetero) is 1. The van der Waals surface area contributed by atoms with Crippen molar-refractivity contribution >= 4 is 53.1 Å². The SMILES string of the molecule is CC(C)[C@H](NC(=O)CCCCCN1C(=O)C=CC1=O)C(=O)C[C@@H](CCCNC(N)=O)C(=O)Nc1ccc(COC(=O)NCC(=O)N(CC[C@H](N)CF)[C@@H](c2nc(-c3cc(F)ccc3F)cn2Cc2ccccc2)C(C)(C)C)cc1. The van der Waals surface area contributed by atoms with Crippen LogP contribution in [0.3, 0.4) is 0 Å². The smallest absolute Gasteiger partial charge is 0.407 e. The molecule has 22 heteroatoms. The van der Waals surface area contributed by atoms with Crippen molar-refractivity contribution in [3.63, 3.8) is 0 Å². The number of benzene rings is 3. The molecule has 2 heterocycles. The first-order valence-electron chi connectivity index (χ1n) is 26.4. The van der Waals surface area contributed by atoms with Gasteiger partial charge in [-0.05, 0) is 84.9 Å². The molecule has 0 spiro atoms. The van der Waals surface area contributed by atoms with Crippen molar-refractivity contribution in [3.05, 3.63) is 120 Å². The van der Waals surface area contributed by atoms with Gasteiger partial charge < -0.3 is 46.9 Å². The number of primary amides is 1. The van der Waals surface area contributed by atoms with E-state index >= 15 is 4.39 Å². The van der Waals surface area contributed by atoms with E-state index in [0.29, 0.717) is 42.8 Å². The Morgan fingerprint density at radius 2 is 1.54 bits per heavy atom. The van der Waals surface area contributed by atoms with Crippen LogP contribution in [0.5, 0.6) is 0 Å². The predicted octanol–water partition coefficient (Wildman–Crippen LogP) is 6.99. The zero-order valence-electron chi connectivity index (χ0n) is 45.4. The first-order chi connectivity index (χ1) is 37.5. The highest BCUT2D eigenvalue weighted by atomic mass is 19.1. The maximum absolute atomic E-state index is 15.2. The maximum Gasteiger partial charge on any atom is 0.407 e. The summed E-state index contributed by atoms with van der Waals surface area (Å²) in [6.07, 6.45) is 5.06. The van der Waals surface area contributed by atoms with Crippen molar-refractivity contribution in [1.82, 2.24) is 35.3 Å². The lowest BCUT2D eigenvalue weighted by Crippen LogP contribution is -2.48. The van der Waals surface area contributed by atoms with E-state index in [4.69, 9.17) is 21.2 Å². The van der Waals surface area contributed by atoms with Crippen LogP contribution in [0.1, 0.15) is 109 Å². The predicted molar refractivity (Wildman–Crippen MR) is 290 cm³/mol. The van der Waals surface area contributed by atoms with Crippen molar-refractivity contribution < 1.29 is 56.3 Å². The standard InChI is InChI=1S/C57H73F3N10O9/c1-36(2)51(67-47(72)16-10-7-11-27-69-48(73)23-24-49(69)74)46(71)29-39(15-12-26-63-55(62)77)54(76)65-42-20-17-38(18-21-42)35-79-56(78)64-32-50(75)70(28-25-41(61)31-58)52(57(3,4)5)53-66-45(43-30-40(59)19-22-44(43)60)34-68(53)33-37-13-8-6-9-14-37/h6,8-9,13-14,17-24,30,34,36,39,41,51-52H,7,10-12,15-16,25-29,31-33,35,61H2,1-5H3,(H,64,78)(H,65,76)(H,67,72)(H3,62,63,77)/t39-,41+,51+,52+/m1/s1. The number of nitrogens with zero attached hydrogens (tertiary/aromatic N) is 4. The topological polar surface area (TPSA) is 270 Å². The lowest BCUT2D eigenvalue weighted by molar-refractivity contribution is -0.137. The molecule has 0 saturated heterocycles. The average Bonchev–Trinajstić information content (AvgIpc) is 4.15. The highest BCUT2D eigenvalue weighted by molar-refractivity contribution is 6.12. The van der Waals surface area contributed by atoms with Crippen LogP contribution in [-0.4, -0.2) is 112 Å². The number of anilines is 1. The molecule has 1 aliphatic heterocycles. The number of alkyl halides is 1. The van der Waals surface area contributed by atoms with Gasteiger partial charge in [-0.15, -0.1) is 0 Å². The van der Waals surface area contributed by atoms with Gasteiger partial charge in [-0.1, -0.05) is 83.5 Å². The second-order valence-electron chi connectivity index (χ2n) is 21.0. The van der Waals surface area contributed by atoms with Gasteiger partial charge in [0.1, 0.15) is 37.3 Å². The lowest BCUT2D eigenvalue weighted by Gasteiger charge is -2.40. The molecule has 0 radical (unpaired) electrons. The summed E-state index contributed by atoms with van der Waals surface area (Å²) in [5, 5.41) is 10.6. The number of carbonyl (C=O) groups is 8. The molecule has 4 atom stereocenters. The third-order valence-electron chi connectivity index (χ3n) is 13.2. The van der Waals surface area contributed by atoms with Crippen molar-refractivity contribution in [3.8, 4) is 11.3 Å². The molecule has 8 amide bonds. The molecule has 1 aromatic heterocycles. The van der Waals surface area contributed by atoms with E-state index in [1.165, 1.54) is 17.1 Å². The lowest BCUT2D eigenvalue weighted by atomic mass is 9.84. The molecule has 0 bridgehead atoms. The van der Waals surface area contributed by atoms with Gasteiger partial charge in [0.25, 0.3) is 11.8 Å². The molecule has 4 aromatic rings. The molecule has 3 aromatic carbocycles. The minimum Gasteiger partial charge on any atom is -0.445 e. The number of rotatable bonds is 30. The summed E-state index contributed by atoms with van der Waals surface area (Å²) in [7, 11) is 0. The number of halogens is 3. The Morgan fingerprint density at radius 1 is 0.848 bits per heavy atom. The van der Waals surface area contributed by atoms with Gasteiger partial charge in [0, 0.05) is 80.6 Å². The number of ether oxygens (including phenoxy) is 1. The van der Waals surface area contributed by atoms with E-state index < -0.39 is 78.3 Å². The highest BCUT2D eigenvalue weighted by Gasteiger charge is 2.39. The monoisotopic (exact) mass is 1100 g/mol. The van der Waals surface area contributed by atoms with Gasteiger partial charge in [0.2, 0.25) is 17.7 Å². The zero-order chi connectivity index (χ0) is 57.8. The number of aromatic nitrogens is 2. The zero-order valence-corrected chi connectivity index (χ0v) is 45.4. The Morgan fingerprint density at radius 3 is 2.19 bits per heavy atom. The number of unbranched alkanes of at least 4 members (excludes halogenated alkanes) is 2. The Labute approximate surface area is 458 Å². The molecular weight excluding hydrogens is 1030 g/mol. The molecule has 19 nitrogen and oxygen atoms in total. The van der Waals surface area contributed by atoms with E-state index in [1.54, 1.807) is 48.9 Å². The van der Waals surface area contributed by atoms with E-state index in [9.17, 15) is 47.1 Å². The molecule has 0 aliphatic carbocycles. The minimum atomic E-state index is -0.939. The molecule has 1 aliphatic rings. The number of amides is 8. The summed E-state index contributed by atoms with van der Waals surface area (Å²) >= 11 is 0. The summed E-state index contributed by atoms with van der Waals surface area (Å²) in [6, 6.07) is 15.3. The Balaban J connectivity index is 1.21. The van der Waals surface area contributed by atoms with Crippen LogP contribution in [0.25, 0.3) is 11.3 Å². The number of imide groups is 1. The maximum atomic E-state index is 15.2. The number of hydrogen-bond donors (Lipinski definition) is 6. The first-order valence-corrected chi connectivity index (χ1v) is 26.4. The number of imidazole rings is 1. The molecule has 0 saturated carbocycles. The molecule has 426 valence electrons. The van der Waals surface area contributed by atoms with Crippen molar-refractivity contribution in [2.45, 2.75) is 117 Å². The van der Waals surface area contributed by atoms with Crippen LogP contribution in [0.4, 0.5) is 28.4 Å². The minimum absolute atomic E-state index is 0.0461. The average molecular weight is 1100 g/mol. The Bertz CT molecular complexity index is 2770. The van der Waals surface area contributed by atoms with E-state index in [2.05, 4.69) is 21.3 Å². The molecule has 5 rings (SSSR count). The van der Waals surface area contributed by atoms with Crippen LogP contribution >= 0.6 is 0 Å². The fraction of sp³-hybridized carbons (Fsp3) is 0.456. The number of hydrogen-bond acceptors (Lipinski definition) is 11. The second kappa shape index (κ2) is 29.7. The molecular formula is C57H73F3N10O9. The third-order valence-corrected chi connectivity index (χ3v) is 13.2. The van der Waals surface area contributed by atoms with Gasteiger partial charge >= 0.3 is 12.1 Å². The summed E-state index contributed by atoms with van der Waals surface area (Å²) in [4.78, 5) is 110. The fourth-order valence-electron chi connectivity index (χ4n) is 9.03. The van der Waals surface area contributed by atoms with Gasteiger partial charge in [0.05, 0.1) is 17.8 Å². The van der Waals surface area contributed by atoms with E-state index in [0.717, 1.165) is 28.7 Å². The number of urea groups is 1. The number of ketones is 1. The second-order valence-corrected chi connectivity index (χ2v) is 21.0. The molecule has 0 unspecified atom stereocenters. The van der Waals surface area contributed by atoms with Gasteiger partial charge in [-0.25, -0.2) is 27.7 Å². The van der Waals surface area contributed by atoms with E-state index in [1.807, 2.05) is 51.1 Å². The van der Waals surface area contributed by atoms with Crippen LogP contribution in [0.15, 0.2) is 91.1 Å². The van der Waals surface area contributed by atoms with Crippen LogP contribution in [-0.2, 0) is 46.7 Å². The normalized spacial score (nSPS) is 13.9. The first kappa shape index (κ1) is 62.0. The Hall–Kier alpha value is -7.88. The van der Waals surface area contributed by atoms with Gasteiger partial charge in [0.15, 0.2) is 5.78 Å². The summed E-state index contributed by atoms with van der Waals surface area (Å²) < 4.78 is 50.7. The van der Waals surface area contributed by atoms with Crippen molar-refractivity contribution in [2.24, 2.45) is 28.7 Å². The highest BCUT2D eigenvalue weighted by Crippen LogP contribution is 2.40. The van der Waals surface area contributed by atoms with Crippen LogP contribution in [0.2, 0.25) is 0 Å². The number of carbonyl (C=O) groups excluding carboxylic acids is 8. The van der Waals surface area contributed by atoms with Gasteiger partial charge in [-0.2, -0.15) is 0 Å². The molecule has 79 heavy (non-hydrogen) atoms. The molecule has 0 fully saturated rings. The Kier molecular flexibility index (Phi) is 23.3. The molecule has 8 N–H and O–H groups in total. The fourth-order valence-corrected chi connectivity index (χ4v) is 9.03. The quantitative estimate of drug-likeness (QED) is 0.0229. The number of alkyl carbamates (subject to hydrolysis) is 1. The third kappa shape index (κ3) is 19.2. The number of nitrogens with one attached hydrogen (secondary N) is 4. The van der Waals surface area contributed by atoms with Gasteiger partial charge in [-0.3, -0.25) is 33.7 Å². The summed E-state index contributed by atoms with van der Waals surface area (Å²) in [5.74, 6) is -4.76. The van der Waals surface area contributed by atoms with Crippen molar-refractivity contribution in [2.75, 3.05) is 38.2 Å². The summed E-state index contributed by atoms with van der Waals surface area (Å²) in [6.45, 7) is 8.10. The van der Waals surface area contributed by atoms with Crippen LogP contribution < -0.4 is 32.7 Å². The van der Waals surface area contributed by atoms with Crippen LogP contribution in [0, 0.1) is 28.9 Å². The largest absolute Gasteiger partial charge is 0.445 e. The number of nitrogens with two attached hydrogens (primary N) is 2. The summed E-state index contributed by atoms with van der Waals surface area (Å²) in [5.41, 5.74) is 12.2. The van der Waals surface area contributed by atoms with E-state index in [-0.39, 0.29) is 99.1 Å². The van der Waals surface area contributed by atoms with Crippen molar-refractivity contribution in [1.29, 1.82) is 0 Å².